The van der Waals surface area contributed by atoms with Gasteiger partial charge in [0.25, 0.3) is 0 Å². The Balaban J connectivity index is 1.82. The van der Waals surface area contributed by atoms with Crippen LogP contribution in [0.25, 0.3) is 0 Å². The number of benzene rings is 1. The third-order valence-electron chi connectivity index (χ3n) is 5.72. The highest BCUT2D eigenvalue weighted by atomic mass is 14.7. The average Bonchev–Trinajstić information content (AvgIpc) is 2.38. The van der Waals surface area contributed by atoms with E-state index < -0.39 is 0 Å². The summed E-state index contributed by atoms with van der Waals surface area (Å²) in [6.07, 6.45) is 6.78. The highest BCUT2D eigenvalue weighted by Gasteiger charge is 2.40. The van der Waals surface area contributed by atoms with Gasteiger partial charge in [0.2, 0.25) is 0 Å². The lowest BCUT2D eigenvalue weighted by Gasteiger charge is -2.45. The van der Waals surface area contributed by atoms with E-state index in [0.29, 0.717) is 12.0 Å². The largest absolute Gasteiger partial charge is 0.327 e. The molecule has 0 aliphatic heterocycles. The van der Waals surface area contributed by atoms with E-state index in [0.717, 1.165) is 11.8 Å². The summed E-state index contributed by atoms with van der Waals surface area (Å²) >= 11 is 0. The third kappa shape index (κ3) is 2.53. The Morgan fingerprint density at radius 3 is 2.30 bits per heavy atom. The Kier molecular flexibility index (Phi) is 3.66. The second-order valence-corrected chi connectivity index (χ2v) is 7.99. The molecule has 2 unspecified atom stereocenters. The molecule has 2 fully saturated rings. The molecule has 20 heavy (non-hydrogen) atoms. The summed E-state index contributed by atoms with van der Waals surface area (Å²) in [7, 11) is 0. The Labute approximate surface area is 124 Å². The van der Waals surface area contributed by atoms with Gasteiger partial charge in [-0.3, -0.25) is 0 Å². The van der Waals surface area contributed by atoms with Crippen LogP contribution < -0.4 is 5.73 Å². The van der Waals surface area contributed by atoms with Crippen molar-refractivity contribution in [2.75, 3.05) is 0 Å². The maximum absolute atomic E-state index is 6.51. The molecule has 2 aliphatic carbocycles. The molecule has 2 bridgehead atoms. The van der Waals surface area contributed by atoms with Crippen molar-refractivity contribution in [2.24, 2.45) is 17.6 Å². The van der Waals surface area contributed by atoms with E-state index in [-0.39, 0.29) is 5.41 Å². The molecule has 1 nitrogen and oxygen atoms in total. The molecule has 0 spiro atoms. The smallest absolute Gasteiger partial charge is 0.0101 e. The van der Waals surface area contributed by atoms with E-state index in [1.165, 1.54) is 43.2 Å². The predicted molar refractivity (Wildman–Crippen MR) is 85.9 cm³/mol. The van der Waals surface area contributed by atoms with Crippen molar-refractivity contribution >= 4 is 0 Å². The summed E-state index contributed by atoms with van der Waals surface area (Å²) in [5.74, 6) is 2.23. The average molecular weight is 271 g/mol. The van der Waals surface area contributed by atoms with Crippen LogP contribution in [-0.2, 0) is 5.41 Å². The quantitative estimate of drug-likeness (QED) is 0.793. The SMILES string of the molecule is CC(C)(C)c1ccc(C2CC[C@H]3CCC[C@@H]2C3N)cc1. The first-order valence-corrected chi connectivity index (χ1v) is 8.33. The minimum Gasteiger partial charge on any atom is -0.327 e. The van der Waals surface area contributed by atoms with Gasteiger partial charge in [-0.1, -0.05) is 51.5 Å². The molecule has 1 heteroatoms. The van der Waals surface area contributed by atoms with Crippen molar-refractivity contribution < 1.29 is 0 Å². The highest BCUT2D eigenvalue weighted by molar-refractivity contribution is 5.30. The topological polar surface area (TPSA) is 26.0 Å². The fourth-order valence-corrected chi connectivity index (χ4v) is 4.41. The van der Waals surface area contributed by atoms with Crippen LogP contribution in [0.15, 0.2) is 24.3 Å². The fourth-order valence-electron chi connectivity index (χ4n) is 4.41. The van der Waals surface area contributed by atoms with E-state index in [9.17, 15) is 0 Å². The molecule has 3 rings (SSSR count). The summed E-state index contributed by atoms with van der Waals surface area (Å²) in [4.78, 5) is 0. The van der Waals surface area contributed by atoms with Crippen molar-refractivity contribution in [1.82, 2.24) is 0 Å². The van der Waals surface area contributed by atoms with Crippen LogP contribution in [0.2, 0.25) is 0 Å². The highest BCUT2D eigenvalue weighted by Crippen LogP contribution is 2.47. The van der Waals surface area contributed by atoms with Gasteiger partial charge in [0.15, 0.2) is 0 Å². The lowest BCUT2D eigenvalue weighted by molar-refractivity contribution is 0.128. The van der Waals surface area contributed by atoms with Crippen LogP contribution in [0.5, 0.6) is 0 Å². The second-order valence-electron chi connectivity index (χ2n) is 7.99. The summed E-state index contributed by atoms with van der Waals surface area (Å²) < 4.78 is 0. The summed E-state index contributed by atoms with van der Waals surface area (Å²) in [6, 6.07) is 9.84. The van der Waals surface area contributed by atoms with Crippen LogP contribution in [-0.4, -0.2) is 6.04 Å². The maximum atomic E-state index is 6.51. The normalized spacial score (nSPS) is 34.0. The first kappa shape index (κ1) is 14.1. The number of rotatable bonds is 1. The molecule has 0 radical (unpaired) electrons. The number of hydrogen-bond acceptors (Lipinski definition) is 1. The van der Waals surface area contributed by atoms with Gasteiger partial charge < -0.3 is 5.73 Å². The third-order valence-corrected chi connectivity index (χ3v) is 5.72. The molecule has 0 heterocycles. The van der Waals surface area contributed by atoms with Crippen LogP contribution in [0, 0.1) is 11.8 Å². The van der Waals surface area contributed by atoms with E-state index in [1.807, 2.05) is 0 Å². The van der Waals surface area contributed by atoms with E-state index >= 15 is 0 Å². The van der Waals surface area contributed by atoms with E-state index in [4.69, 9.17) is 5.73 Å². The molecule has 1 aromatic carbocycles. The van der Waals surface area contributed by atoms with Crippen LogP contribution in [0.1, 0.15) is 69.9 Å². The monoisotopic (exact) mass is 271 g/mol. The zero-order valence-electron chi connectivity index (χ0n) is 13.2. The minimum absolute atomic E-state index is 0.247. The molecule has 110 valence electrons. The fraction of sp³-hybridized carbons (Fsp3) is 0.684. The molecule has 2 aliphatic rings. The Morgan fingerprint density at radius 1 is 0.950 bits per heavy atom. The molecule has 1 aromatic rings. The summed E-state index contributed by atoms with van der Waals surface area (Å²) in [5, 5.41) is 0. The van der Waals surface area contributed by atoms with Crippen molar-refractivity contribution in [1.29, 1.82) is 0 Å². The van der Waals surface area contributed by atoms with Gasteiger partial charge in [0.1, 0.15) is 0 Å². The maximum Gasteiger partial charge on any atom is 0.0101 e. The predicted octanol–water partition coefficient (Wildman–Crippen LogP) is 4.61. The van der Waals surface area contributed by atoms with Gasteiger partial charge in [-0.05, 0) is 60.0 Å². The van der Waals surface area contributed by atoms with Gasteiger partial charge in [0, 0.05) is 6.04 Å². The first-order valence-electron chi connectivity index (χ1n) is 8.33. The summed E-state index contributed by atoms with van der Waals surface area (Å²) in [6.45, 7) is 6.85. The van der Waals surface area contributed by atoms with E-state index in [1.54, 1.807) is 0 Å². The molecule has 0 aromatic heterocycles. The summed E-state index contributed by atoms with van der Waals surface area (Å²) in [5.41, 5.74) is 9.72. The van der Waals surface area contributed by atoms with Crippen molar-refractivity contribution in [3.63, 3.8) is 0 Å². The molecule has 0 amide bonds. The molecule has 4 atom stereocenters. The molecule has 0 saturated heterocycles. The van der Waals surface area contributed by atoms with Crippen molar-refractivity contribution in [3.05, 3.63) is 35.4 Å². The second kappa shape index (κ2) is 5.18. The number of hydrogen-bond donors (Lipinski definition) is 1. The zero-order chi connectivity index (χ0) is 14.3. The molecule has 2 N–H and O–H groups in total. The molecule has 2 saturated carbocycles. The van der Waals surface area contributed by atoms with Crippen LogP contribution >= 0.6 is 0 Å². The standard InChI is InChI=1S/C19H29N/c1-19(2,3)15-10-7-13(8-11-15)16-12-9-14-5-4-6-17(16)18(14)20/h7-8,10-11,14,16-18H,4-6,9,12,20H2,1-3H3/t14-,16?,17+,18?/m1/s1. The van der Waals surface area contributed by atoms with Crippen molar-refractivity contribution in [3.8, 4) is 0 Å². The van der Waals surface area contributed by atoms with Gasteiger partial charge in [-0.25, -0.2) is 0 Å². The lowest BCUT2D eigenvalue weighted by atomic mass is 9.62. The van der Waals surface area contributed by atoms with Gasteiger partial charge in [-0.2, -0.15) is 0 Å². The van der Waals surface area contributed by atoms with Gasteiger partial charge in [0.05, 0.1) is 0 Å². The van der Waals surface area contributed by atoms with Gasteiger partial charge >= 0.3 is 0 Å². The molecular weight excluding hydrogens is 242 g/mol. The molecular formula is C19H29N. The van der Waals surface area contributed by atoms with Crippen molar-refractivity contribution in [2.45, 2.75) is 70.3 Å². The first-order chi connectivity index (χ1) is 9.47. The Hall–Kier alpha value is -0.820. The minimum atomic E-state index is 0.247. The number of fused-ring (bicyclic) bond motifs is 2. The van der Waals surface area contributed by atoms with Crippen LogP contribution in [0.4, 0.5) is 0 Å². The Bertz CT molecular complexity index is 454. The van der Waals surface area contributed by atoms with E-state index in [2.05, 4.69) is 45.0 Å². The van der Waals surface area contributed by atoms with Crippen LogP contribution in [0.3, 0.4) is 0 Å². The number of nitrogens with two attached hydrogens (primary N) is 1. The Morgan fingerprint density at radius 2 is 1.65 bits per heavy atom. The zero-order valence-corrected chi connectivity index (χ0v) is 13.2. The lowest BCUT2D eigenvalue weighted by Crippen LogP contribution is -2.46. The van der Waals surface area contributed by atoms with Gasteiger partial charge in [-0.15, -0.1) is 0 Å².